The minimum absolute atomic E-state index is 0.263. The highest BCUT2D eigenvalue weighted by molar-refractivity contribution is 7.85. The van der Waals surface area contributed by atoms with Crippen molar-refractivity contribution in [3.8, 4) is 0 Å². The van der Waals surface area contributed by atoms with Crippen LogP contribution in [0.15, 0.2) is 12.1 Å². The van der Waals surface area contributed by atoms with Crippen molar-refractivity contribution in [2.45, 2.75) is 33.6 Å². The lowest BCUT2D eigenvalue weighted by molar-refractivity contribution is -0.514. The predicted octanol–water partition coefficient (Wildman–Crippen LogP) is 1.80. The Balaban J connectivity index is 1.98. The second kappa shape index (κ2) is 6.79. The van der Waals surface area contributed by atoms with E-state index in [0.29, 0.717) is 6.42 Å². The van der Waals surface area contributed by atoms with E-state index in [9.17, 15) is 13.0 Å². The predicted molar refractivity (Wildman–Crippen MR) is 87.9 cm³/mol. The molecule has 1 aliphatic rings. The highest BCUT2D eigenvalue weighted by Crippen LogP contribution is 2.26. The lowest BCUT2D eigenvalue weighted by Crippen LogP contribution is -2.20. The van der Waals surface area contributed by atoms with Gasteiger partial charge in [0.05, 0.1) is 16.7 Å². The van der Waals surface area contributed by atoms with E-state index in [2.05, 4.69) is 48.7 Å². The molecule has 122 valence electrons. The molecule has 0 spiro atoms. The fourth-order valence-corrected chi connectivity index (χ4v) is 3.66. The summed E-state index contributed by atoms with van der Waals surface area (Å²) in [6.07, 6.45) is 3.26. The lowest BCUT2D eigenvalue weighted by atomic mass is 10.0. The smallest absolute Gasteiger partial charge is 0.239 e. The molecule has 5 nitrogen and oxygen atoms in total. The van der Waals surface area contributed by atoms with Gasteiger partial charge in [-0.2, -0.15) is 0 Å². The van der Waals surface area contributed by atoms with E-state index in [1.165, 1.54) is 22.4 Å². The van der Waals surface area contributed by atoms with Crippen LogP contribution in [0.2, 0.25) is 0 Å². The van der Waals surface area contributed by atoms with Crippen LogP contribution in [0.25, 0.3) is 0 Å². The zero-order valence-corrected chi connectivity index (χ0v) is 14.3. The minimum atomic E-state index is -4.08. The first-order valence-electron chi connectivity index (χ1n) is 7.63. The highest BCUT2D eigenvalue weighted by Gasteiger charge is 2.24. The molecule has 1 aliphatic heterocycles. The van der Waals surface area contributed by atoms with Crippen LogP contribution in [0, 0.1) is 20.8 Å². The maximum Gasteiger partial charge on any atom is 0.239 e. The Morgan fingerprint density at radius 3 is 2.41 bits per heavy atom. The van der Waals surface area contributed by atoms with Gasteiger partial charge >= 0.3 is 0 Å². The largest absolute Gasteiger partial charge is 0.748 e. The fraction of sp³-hybridized carbons (Fsp3) is 0.562. The monoisotopic (exact) mass is 324 g/mol. The van der Waals surface area contributed by atoms with Gasteiger partial charge < -0.3 is 4.55 Å². The summed E-state index contributed by atoms with van der Waals surface area (Å²) >= 11 is 0. The van der Waals surface area contributed by atoms with Crippen molar-refractivity contribution in [2.24, 2.45) is 0 Å². The second-order valence-corrected chi connectivity index (χ2v) is 7.58. The van der Waals surface area contributed by atoms with E-state index in [1.54, 1.807) is 0 Å². The summed E-state index contributed by atoms with van der Waals surface area (Å²) < 4.78 is 33.9. The van der Waals surface area contributed by atoms with Crippen LogP contribution in [-0.4, -0.2) is 49.3 Å². The van der Waals surface area contributed by atoms with Gasteiger partial charge in [0.25, 0.3) is 0 Å². The number of nitrogens with zero attached hydrogens (tertiary/aromatic N) is 2. The van der Waals surface area contributed by atoms with Gasteiger partial charge in [0.1, 0.15) is 18.8 Å². The minimum Gasteiger partial charge on any atom is -0.748 e. The molecule has 0 N–H and O–H groups in total. The molecule has 0 saturated carbocycles. The van der Waals surface area contributed by atoms with E-state index in [1.807, 2.05) is 0 Å². The number of hydrogen-bond donors (Lipinski definition) is 0. The average molecular weight is 324 g/mol. The quantitative estimate of drug-likeness (QED) is 0.455. The topological polar surface area (TPSA) is 63.5 Å². The van der Waals surface area contributed by atoms with Crippen LogP contribution in [0.5, 0.6) is 0 Å². The molecule has 0 bridgehead atoms. The first kappa shape index (κ1) is 17.0. The van der Waals surface area contributed by atoms with Crippen LogP contribution in [-0.2, 0) is 10.1 Å². The summed E-state index contributed by atoms with van der Waals surface area (Å²) in [5.74, 6) is -0.263. The van der Waals surface area contributed by atoms with E-state index in [-0.39, 0.29) is 5.75 Å². The summed E-state index contributed by atoms with van der Waals surface area (Å²) in [5.41, 5.74) is 5.07. The Hall–Kier alpha value is -1.40. The van der Waals surface area contributed by atoms with Gasteiger partial charge in [0.15, 0.2) is 0 Å². The van der Waals surface area contributed by atoms with Gasteiger partial charge in [-0.1, -0.05) is 17.7 Å². The van der Waals surface area contributed by atoms with Gasteiger partial charge in [0, 0.05) is 5.75 Å². The average Bonchev–Trinajstić information content (AvgIpc) is 2.81. The van der Waals surface area contributed by atoms with Crippen molar-refractivity contribution in [1.29, 1.82) is 0 Å². The SMILES string of the molecule is Cc1cc(C)c(N2C=[N+](CCCCS(=O)(=O)[O-])CC2)c(C)c1. The van der Waals surface area contributed by atoms with Crippen molar-refractivity contribution >= 4 is 22.1 Å². The molecule has 2 rings (SSSR count). The van der Waals surface area contributed by atoms with Crippen molar-refractivity contribution in [2.75, 3.05) is 30.3 Å². The maximum atomic E-state index is 10.6. The molecule has 0 aliphatic carbocycles. The van der Waals surface area contributed by atoms with Crippen molar-refractivity contribution < 1.29 is 17.5 Å². The Bertz CT molecular complexity index is 658. The molecule has 0 saturated heterocycles. The number of anilines is 1. The molecule has 0 radical (unpaired) electrons. The standard InChI is InChI=1S/C16H24N2O3S/c1-13-10-14(2)16(15(3)11-13)18-8-7-17(12-18)6-4-5-9-22(19,20)21/h10-12H,4-9H2,1-3H3. The van der Waals surface area contributed by atoms with E-state index < -0.39 is 10.1 Å². The van der Waals surface area contributed by atoms with Crippen molar-refractivity contribution in [3.05, 3.63) is 28.8 Å². The molecule has 1 heterocycles. The van der Waals surface area contributed by atoms with Crippen LogP contribution >= 0.6 is 0 Å². The van der Waals surface area contributed by atoms with E-state index in [0.717, 1.165) is 26.1 Å². The third-order valence-electron chi connectivity index (χ3n) is 3.94. The molecule has 22 heavy (non-hydrogen) atoms. The summed E-state index contributed by atoms with van der Waals surface area (Å²) in [6.45, 7) is 9.02. The molecule has 0 atom stereocenters. The number of unbranched alkanes of at least 4 members (excludes halogenated alkanes) is 1. The normalized spacial score (nSPS) is 15.3. The number of rotatable bonds is 6. The summed E-state index contributed by atoms with van der Waals surface area (Å²) in [6, 6.07) is 4.38. The van der Waals surface area contributed by atoms with Crippen molar-refractivity contribution in [1.82, 2.24) is 0 Å². The highest BCUT2D eigenvalue weighted by atomic mass is 32.2. The Kier molecular flexibility index (Phi) is 5.24. The zero-order chi connectivity index (χ0) is 16.3. The Labute approximate surface area is 133 Å². The Morgan fingerprint density at radius 2 is 1.82 bits per heavy atom. The summed E-state index contributed by atoms with van der Waals surface area (Å²) in [5, 5.41) is 0. The molecule has 0 aromatic heterocycles. The molecule has 0 amide bonds. The first-order chi connectivity index (χ1) is 10.3. The summed E-state index contributed by atoms with van der Waals surface area (Å²) in [4.78, 5) is 2.26. The van der Waals surface area contributed by atoms with Gasteiger partial charge in [-0.15, -0.1) is 0 Å². The van der Waals surface area contributed by atoms with Gasteiger partial charge in [0.2, 0.25) is 6.34 Å². The number of benzene rings is 1. The third kappa shape index (κ3) is 4.55. The van der Waals surface area contributed by atoms with Crippen LogP contribution < -0.4 is 4.90 Å². The fourth-order valence-electron chi connectivity index (χ4n) is 3.11. The van der Waals surface area contributed by atoms with E-state index >= 15 is 0 Å². The van der Waals surface area contributed by atoms with Crippen LogP contribution in [0.3, 0.4) is 0 Å². The molecule has 1 aromatic carbocycles. The second-order valence-electron chi connectivity index (χ2n) is 6.06. The van der Waals surface area contributed by atoms with Gasteiger partial charge in [-0.25, -0.2) is 13.3 Å². The molecule has 0 unspecified atom stereocenters. The molecule has 1 aromatic rings. The molecule has 6 heteroatoms. The molecule has 0 fully saturated rings. The zero-order valence-electron chi connectivity index (χ0n) is 13.5. The molecular weight excluding hydrogens is 300 g/mol. The molecular formula is C16H24N2O3S. The third-order valence-corrected chi connectivity index (χ3v) is 4.73. The maximum absolute atomic E-state index is 10.6. The lowest BCUT2D eigenvalue weighted by Gasteiger charge is -2.13. The van der Waals surface area contributed by atoms with Gasteiger partial charge in [-0.3, -0.25) is 4.58 Å². The van der Waals surface area contributed by atoms with Crippen molar-refractivity contribution in [3.63, 3.8) is 0 Å². The first-order valence-corrected chi connectivity index (χ1v) is 9.21. The number of hydrogen-bond acceptors (Lipinski definition) is 4. The number of aryl methyl sites for hydroxylation is 3. The van der Waals surface area contributed by atoms with E-state index in [4.69, 9.17) is 0 Å². The van der Waals surface area contributed by atoms with Crippen LogP contribution in [0.1, 0.15) is 29.5 Å². The summed E-state index contributed by atoms with van der Waals surface area (Å²) in [7, 11) is -4.08. The van der Waals surface area contributed by atoms with Crippen LogP contribution in [0.4, 0.5) is 5.69 Å². The Morgan fingerprint density at radius 1 is 1.18 bits per heavy atom. The van der Waals surface area contributed by atoms with Gasteiger partial charge in [-0.05, 0) is 44.7 Å².